The Kier molecular flexibility index (Phi) is 8.24. The van der Waals surface area contributed by atoms with Gasteiger partial charge >= 0.3 is 0 Å². The molecule has 1 N–H and O–H groups in total. The Balaban J connectivity index is 1.46. The maximum absolute atomic E-state index is 13.2. The molecule has 0 spiro atoms. The van der Waals surface area contributed by atoms with Crippen molar-refractivity contribution in [3.63, 3.8) is 0 Å². The van der Waals surface area contributed by atoms with Crippen LogP contribution in [0.2, 0.25) is 0 Å². The Morgan fingerprint density at radius 3 is 2.64 bits per heavy atom. The quantitative estimate of drug-likeness (QED) is 0.405. The molecule has 1 aromatic heterocycles. The van der Waals surface area contributed by atoms with E-state index in [0.29, 0.717) is 30.3 Å². The van der Waals surface area contributed by atoms with E-state index in [1.54, 1.807) is 11.4 Å². The average Bonchev–Trinajstić information content (AvgIpc) is 3.19. The number of anilines is 2. The summed E-state index contributed by atoms with van der Waals surface area (Å²) < 4.78 is 22.0. The highest BCUT2D eigenvalue weighted by Crippen LogP contribution is 2.35. The molecule has 1 aliphatic rings. The third-order valence-electron chi connectivity index (χ3n) is 6.74. The molecule has 1 unspecified atom stereocenters. The molecule has 0 aliphatic carbocycles. The largest absolute Gasteiger partial charge is 0.497 e. The summed E-state index contributed by atoms with van der Waals surface area (Å²) in [5.41, 5.74) is 4.91. The lowest BCUT2D eigenvalue weighted by molar-refractivity contribution is 0.0953. The summed E-state index contributed by atoms with van der Waals surface area (Å²) in [5.74, 6) is 1.85. The van der Waals surface area contributed by atoms with Crippen molar-refractivity contribution in [2.75, 3.05) is 48.7 Å². The number of nitrogens with one attached hydrogen (secondary N) is 1. The van der Waals surface area contributed by atoms with Gasteiger partial charge in [-0.1, -0.05) is 20.8 Å². The monoisotopic (exact) mass is 510 g/mol. The number of aryl methyl sites for hydroxylation is 2. The third kappa shape index (κ3) is 5.53. The van der Waals surface area contributed by atoms with E-state index in [0.717, 1.165) is 54.0 Å². The molecular weight excluding hydrogens is 472 g/mol. The molecule has 36 heavy (non-hydrogen) atoms. The number of ether oxygens (including phenoxy) is 1. The molecular formula is C28H38N4O3S. The van der Waals surface area contributed by atoms with Crippen LogP contribution in [0.5, 0.6) is 5.75 Å². The van der Waals surface area contributed by atoms with Crippen LogP contribution in [-0.2, 0) is 24.0 Å². The van der Waals surface area contributed by atoms with E-state index < -0.39 is 11.0 Å². The Morgan fingerprint density at radius 1 is 1.22 bits per heavy atom. The highest BCUT2D eigenvalue weighted by Gasteiger charge is 2.23. The number of rotatable bonds is 10. The third-order valence-corrected chi connectivity index (χ3v) is 8.08. The summed E-state index contributed by atoms with van der Waals surface area (Å²) in [6.07, 6.45) is 3.87. The van der Waals surface area contributed by atoms with Crippen molar-refractivity contribution in [2.24, 2.45) is 5.92 Å². The van der Waals surface area contributed by atoms with E-state index in [9.17, 15) is 9.00 Å². The van der Waals surface area contributed by atoms with Gasteiger partial charge in [0.05, 0.1) is 24.1 Å². The fourth-order valence-electron chi connectivity index (χ4n) is 4.87. The molecule has 2 aromatic carbocycles. The van der Waals surface area contributed by atoms with E-state index in [4.69, 9.17) is 4.74 Å². The van der Waals surface area contributed by atoms with Crippen LogP contribution in [0.15, 0.2) is 42.6 Å². The minimum Gasteiger partial charge on any atom is -0.497 e. The molecule has 0 saturated carbocycles. The van der Waals surface area contributed by atoms with Gasteiger partial charge in [0.2, 0.25) is 0 Å². The summed E-state index contributed by atoms with van der Waals surface area (Å²) in [6.45, 7) is 9.65. The fraction of sp³-hybridized carbons (Fsp3) is 0.464. The number of methoxy groups -OCH3 is 1. The predicted molar refractivity (Wildman–Crippen MR) is 150 cm³/mol. The summed E-state index contributed by atoms with van der Waals surface area (Å²) in [7, 11) is 2.41. The van der Waals surface area contributed by atoms with Crippen LogP contribution < -0.4 is 19.3 Å². The van der Waals surface area contributed by atoms with Gasteiger partial charge < -0.3 is 19.5 Å². The van der Waals surface area contributed by atoms with Crippen molar-refractivity contribution in [2.45, 2.75) is 40.2 Å². The molecule has 0 fully saturated rings. The molecule has 3 aromatic rings. The van der Waals surface area contributed by atoms with E-state index in [2.05, 4.69) is 53.9 Å². The lowest BCUT2D eigenvalue weighted by Crippen LogP contribution is -2.32. The van der Waals surface area contributed by atoms with Crippen molar-refractivity contribution in [3.8, 4) is 5.75 Å². The van der Waals surface area contributed by atoms with E-state index in [-0.39, 0.29) is 5.91 Å². The van der Waals surface area contributed by atoms with E-state index in [1.165, 1.54) is 5.56 Å². The van der Waals surface area contributed by atoms with Crippen LogP contribution in [0.3, 0.4) is 0 Å². The Hall–Kier alpha value is -3.00. The van der Waals surface area contributed by atoms with Crippen LogP contribution in [0.4, 0.5) is 11.4 Å². The number of aromatic nitrogens is 1. The zero-order valence-electron chi connectivity index (χ0n) is 22.0. The van der Waals surface area contributed by atoms with Crippen LogP contribution in [0.1, 0.15) is 43.1 Å². The van der Waals surface area contributed by atoms with Crippen LogP contribution >= 0.6 is 0 Å². The number of hydrogen-bond acceptors (Lipinski definition) is 4. The maximum atomic E-state index is 13.2. The number of hydrogen-bond donors (Lipinski definition) is 1. The first-order valence-corrected chi connectivity index (χ1v) is 14.0. The van der Waals surface area contributed by atoms with E-state index >= 15 is 0 Å². The molecule has 0 saturated heterocycles. The molecule has 0 bridgehead atoms. The first kappa shape index (κ1) is 26.1. The number of carbonyl (C=O) groups excluding carboxylic acids is 1. The van der Waals surface area contributed by atoms with Crippen molar-refractivity contribution >= 4 is 39.2 Å². The molecule has 1 atom stereocenters. The Labute approximate surface area is 217 Å². The molecule has 194 valence electrons. The van der Waals surface area contributed by atoms with Gasteiger partial charge in [-0.25, -0.2) is 4.21 Å². The predicted octanol–water partition coefficient (Wildman–Crippen LogP) is 4.61. The standard InChI is InChI=1S/C28H38N4O3S/c1-6-21-19-32-14-15-36(34)30(4)26-17-22(16-25(21)27(26)32)28(33)29-12-7-13-31(18-20(2)3)23-8-10-24(35-5)11-9-23/h8-11,16-17,19-20H,6-7,12-15,18H2,1-5H3,(H,29,33). The molecule has 8 heteroatoms. The summed E-state index contributed by atoms with van der Waals surface area (Å²) in [4.78, 5) is 15.5. The van der Waals surface area contributed by atoms with Gasteiger partial charge in [0.1, 0.15) is 16.7 Å². The number of amides is 1. The molecule has 7 nitrogen and oxygen atoms in total. The van der Waals surface area contributed by atoms with Gasteiger partial charge in [0, 0.05) is 56.1 Å². The highest BCUT2D eigenvalue weighted by atomic mass is 32.2. The zero-order chi connectivity index (χ0) is 25.8. The lowest BCUT2D eigenvalue weighted by Gasteiger charge is -2.27. The van der Waals surface area contributed by atoms with Gasteiger partial charge in [-0.05, 0) is 60.7 Å². The number of nitrogens with zero attached hydrogens (tertiary/aromatic N) is 3. The molecule has 2 heterocycles. The normalized spacial score (nSPS) is 15.3. The maximum Gasteiger partial charge on any atom is 0.251 e. The molecule has 0 radical (unpaired) electrons. The van der Waals surface area contributed by atoms with Crippen molar-refractivity contribution in [1.29, 1.82) is 0 Å². The smallest absolute Gasteiger partial charge is 0.251 e. The Morgan fingerprint density at radius 2 is 1.97 bits per heavy atom. The van der Waals surface area contributed by atoms with Crippen LogP contribution in [-0.4, -0.2) is 54.2 Å². The summed E-state index contributed by atoms with van der Waals surface area (Å²) >= 11 is 0. The minimum absolute atomic E-state index is 0.0914. The lowest BCUT2D eigenvalue weighted by atomic mass is 10.1. The van der Waals surface area contributed by atoms with Crippen LogP contribution in [0, 0.1) is 5.92 Å². The number of carbonyl (C=O) groups is 1. The topological polar surface area (TPSA) is 66.8 Å². The number of benzene rings is 2. The fourth-order valence-corrected chi connectivity index (χ4v) is 5.86. The van der Waals surface area contributed by atoms with Crippen molar-refractivity contribution in [1.82, 2.24) is 9.88 Å². The van der Waals surface area contributed by atoms with Crippen molar-refractivity contribution < 1.29 is 13.7 Å². The summed E-state index contributed by atoms with van der Waals surface area (Å²) in [6, 6.07) is 12.0. The molecule has 4 rings (SSSR count). The van der Waals surface area contributed by atoms with Gasteiger partial charge in [-0.3, -0.25) is 9.10 Å². The summed E-state index contributed by atoms with van der Waals surface area (Å²) in [5, 5.41) is 4.19. The molecule has 1 amide bonds. The van der Waals surface area contributed by atoms with Crippen LogP contribution in [0.25, 0.3) is 10.9 Å². The first-order chi connectivity index (χ1) is 17.3. The zero-order valence-corrected chi connectivity index (χ0v) is 22.9. The van der Waals surface area contributed by atoms with Gasteiger partial charge in [0.15, 0.2) is 0 Å². The second kappa shape index (κ2) is 11.4. The SMILES string of the molecule is CCc1cn2c3c(cc(C(=O)NCCCN(CC(C)C)c4ccc(OC)cc4)cc13)N(C)S(=O)CC2. The van der Waals surface area contributed by atoms with Gasteiger partial charge in [-0.15, -0.1) is 0 Å². The first-order valence-electron chi connectivity index (χ1n) is 12.8. The highest BCUT2D eigenvalue weighted by molar-refractivity contribution is 7.86. The van der Waals surface area contributed by atoms with Gasteiger partial charge in [-0.2, -0.15) is 0 Å². The Bertz CT molecular complexity index is 1240. The second-order valence-electron chi connectivity index (χ2n) is 9.76. The average molecular weight is 511 g/mol. The van der Waals surface area contributed by atoms with Crippen molar-refractivity contribution in [3.05, 3.63) is 53.7 Å². The van der Waals surface area contributed by atoms with Gasteiger partial charge in [0.25, 0.3) is 5.91 Å². The van der Waals surface area contributed by atoms with E-state index in [1.807, 2.05) is 31.3 Å². The minimum atomic E-state index is -1.11. The molecule has 1 aliphatic heterocycles. The second-order valence-corrected chi connectivity index (χ2v) is 11.4.